The summed E-state index contributed by atoms with van der Waals surface area (Å²) in [7, 11) is 1.63. The van der Waals surface area contributed by atoms with Gasteiger partial charge >= 0.3 is 17.9 Å². The number of carbonyl (C=O) groups is 4. The van der Waals surface area contributed by atoms with Crippen molar-refractivity contribution < 1.29 is 48.0 Å². The van der Waals surface area contributed by atoms with E-state index in [0.29, 0.717) is 30.8 Å². The Morgan fingerprint density at radius 2 is 1.42 bits per heavy atom. The minimum atomic E-state index is -0.973. The van der Waals surface area contributed by atoms with Gasteiger partial charge in [0.25, 0.3) is 0 Å². The number of aldehydes is 1. The van der Waals surface area contributed by atoms with E-state index in [0.717, 1.165) is 39.8 Å². The summed E-state index contributed by atoms with van der Waals surface area (Å²) in [5, 5.41) is 12.4. The van der Waals surface area contributed by atoms with Crippen molar-refractivity contribution in [2.45, 2.75) is 24.7 Å². The van der Waals surface area contributed by atoms with Crippen LogP contribution in [0.5, 0.6) is 11.5 Å². The molecule has 1 N–H and O–H groups in total. The minimum Gasteiger partial charge on any atom is -0.497 e. The van der Waals surface area contributed by atoms with Crippen molar-refractivity contribution >= 4 is 45.7 Å². The lowest BCUT2D eigenvalue weighted by atomic mass is 10.1. The monoisotopic (exact) mass is 612 g/mol. The van der Waals surface area contributed by atoms with E-state index in [-0.39, 0.29) is 29.8 Å². The Labute approximate surface area is 259 Å². The fraction of sp³-hybridized carbons (Fsp3) is 0.200. The zero-order valence-electron chi connectivity index (χ0n) is 24.5. The van der Waals surface area contributed by atoms with Gasteiger partial charge in [0.1, 0.15) is 23.9 Å². The van der Waals surface area contributed by atoms with Crippen LogP contribution in [0.3, 0.4) is 0 Å². The van der Waals surface area contributed by atoms with Crippen molar-refractivity contribution in [2.24, 2.45) is 0 Å². The number of hydrogen-bond acceptors (Lipinski definition) is 9. The zero-order chi connectivity index (χ0) is 32.3. The number of allylic oxidation sites excluding steroid dienone is 1. The smallest absolute Gasteiger partial charge is 0.338 e. The molecule has 0 radical (unpaired) electrons. The second-order valence-electron chi connectivity index (χ2n) is 9.89. The van der Waals surface area contributed by atoms with Gasteiger partial charge in [-0.2, -0.15) is 0 Å². The standard InChI is InChI=1S/C18H18O5.C14H10O4.C3H4O/c1-20-14-5-4-11-8-13(3-2-12(11)9-14)18(19)23-16-10-22-15-6-7-21-17(15)16;1-2-13(15)18-12-6-5-9-7-11(14(16)17)4-3-10(9)8-12;1-2-3-4/h2-5,8-9,15-17H,6-7,10H2,1H3;2-8H,1H2,(H,16,17);2-3H,1H2. The number of esters is 2. The molecule has 0 aromatic heterocycles. The third-order valence-corrected chi connectivity index (χ3v) is 7.00. The van der Waals surface area contributed by atoms with Crippen molar-refractivity contribution in [1.29, 1.82) is 0 Å². The molecular formula is C35H32O10. The number of hydrogen-bond donors (Lipinski definition) is 1. The maximum absolute atomic E-state index is 12.4. The van der Waals surface area contributed by atoms with Crippen LogP contribution in [0.15, 0.2) is 98.1 Å². The molecule has 10 nitrogen and oxygen atoms in total. The Morgan fingerprint density at radius 1 is 0.844 bits per heavy atom. The van der Waals surface area contributed by atoms with E-state index in [1.54, 1.807) is 43.5 Å². The van der Waals surface area contributed by atoms with Crippen molar-refractivity contribution in [3.63, 3.8) is 0 Å². The maximum atomic E-state index is 12.4. The number of carboxylic acids is 1. The normalized spacial score (nSPS) is 17.8. The second-order valence-corrected chi connectivity index (χ2v) is 9.89. The second kappa shape index (κ2) is 15.4. The summed E-state index contributed by atoms with van der Waals surface area (Å²) in [6.07, 6.45) is 3.41. The molecule has 2 saturated heterocycles. The number of methoxy groups -OCH3 is 1. The van der Waals surface area contributed by atoms with Gasteiger partial charge in [0.05, 0.1) is 30.9 Å². The SMILES string of the molecule is C=CC(=O)Oc1ccc2cc(C(=O)O)ccc2c1.C=CC=O.COc1ccc2cc(C(=O)OC3COC4CCOC43)ccc2c1. The van der Waals surface area contributed by atoms with Crippen LogP contribution in [-0.2, 0) is 23.8 Å². The quantitative estimate of drug-likeness (QED) is 0.122. The highest BCUT2D eigenvalue weighted by atomic mass is 16.6. The predicted molar refractivity (Wildman–Crippen MR) is 167 cm³/mol. The van der Waals surface area contributed by atoms with Crippen LogP contribution in [0.4, 0.5) is 0 Å². The molecular weight excluding hydrogens is 580 g/mol. The average Bonchev–Trinajstić information content (AvgIpc) is 3.69. The highest BCUT2D eigenvalue weighted by Crippen LogP contribution is 2.29. The summed E-state index contributed by atoms with van der Waals surface area (Å²) in [6, 6.07) is 21.0. The van der Waals surface area contributed by atoms with E-state index in [1.165, 1.54) is 12.1 Å². The Bertz CT molecular complexity index is 1720. The molecule has 6 rings (SSSR count). The average molecular weight is 613 g/mol. The molecule has 45 heavy (non-hydrogen) atoms. The van der Waals surface area contributed by atoms with Gasteiger partial charge in [0.15, 0.2) is 6.10 Å². The summed E-state index contributed by atoms with van der Waals surface area (Å²) in [6.45, 7) is 7.50. The highest BCUT2D eigenvalue weighted by Gasteiger charge is 2.44. The van der Waals surface area contributed by atoms with Crippen molar-refractivity contribution in [1.82, 2.24) is 0 Å². The molecule has 0 spiro atoms. The molecule has 3 unspecified atom stereocenters. The lowest BCUT2D eigenvalue weighted by molar-refractivity contribution is -0.129. The van der Waals surface area contributed by atoms with E-state index in [2.05, 4.69) is 13.2 Å². The van der Waals surface area contributed by atoms with Gasteiger partial charge < -0.3 is 28.8 Å². The Hall–Kier alpha value is -5.32. The molecule has 2 aliphatic heterocycles. The van der Waals surface area contributed by atoms with Gasteiger partial charge in [-0.3, -0.25) is 4.79 Å². The number of rotatable bonds is 7. The number of carbonyl (C=O) groups excluding carboxylic acids is 3. The predicted octanol–water partition coefficient (Wildman–Crippen LogP) is 5.56. The van der Waals surface area contributed by atoms with Crippen LogP contribution in [0.25, 0.3) is 21.5 Å². The van der Waals surface area contributed by atoms with Crippen LogP contribution in [-0.4, -0.2) is 67.9 Å². The lowest BCUT2D eigenvalue weighted by Gasteiger charge is -2.16. The molecule has 4 aromatic carbocycles. The fourth-order valence-corrected chi connectivity index (χ4v) is 4.79. The largest absolute Gasteiger partial charge is 0.497 e. The summed E-state index contributed by atoms with van der Waals surface area (Å²) in [4.78, 5) is 43.3. The van der Waals surface area contributed by atoms with Gasteiger partial charge in [0, 0.05) is 12.7 Å². The van der Waals surface area contributed by atoms with Crippen molar-refractivity contribution in [3.05, 3.63) is 109 Å². The van der Waals surface area contributed by atoms with Gasteiger partial charge in [-0.15, -0.1) is 0 Å². The first kappa shape index (κ1) is 32.6. The zero-order valence-corrected chi connectivity index (χ0v) is 24.5. The highest BCUT2D eigenvalue weighted by molar-refractivity contribution is 5.96. The topological polar surface area (TPSA) is 135 Å². The molecule has 0 saturated carbocycles. The fourth-order valence-electron chi connectivity index (χ4n) is 4.79. The molecule has 10 heteroatoms. The van der Waals surface area contributed by atoms with Crippen LogP contribution in [0.1, 0.15) is 27.1 Å². The van der Waals surface area contributed by atoms with Crippen LogP contribution in [0, 0.1) is 0 Å². The van der Waals surface area contributed by atoms with Crippen LogP contribution >= 0.6 is 0 Å². The van der Waals surface area contributed by atoms with Gasteiger partial charge in [0.2, 0.25) is 0 Å². The Balaban J connectivity index is 0.000000188. The molecule has 2 fully saturated rings. The molecule has 2 heterocycles. The Morgan fingerprint density at radius 3 is 2.04 bits per heavy atom. The maximum Gasteiger partial charge on any atom is 0.338 e. The van der Waals surface area contributed by atoms with E-state index < -0.39 is 11.9 Å². The van der Waals surface area contributed by atoms with E-state index in [9.17, 15) is 14.4 Å². The summed E-state index contributed by atoms with van der Waals surface area (Å²) >= 11 is 0. The van der Waals surface area contributed by atoms with E-state index >= 15 is 0 Å². The number of ether oxygens (including phenoxy) is 5. The summed E-state index contributed by atoms with van der Waals surface area (Å²) in [5.41, 5.74) is 0.752. The first-order chi connectivity index (χ1) is 21.8. The number of fused-ring (bicyclic) bond motifs is 3. The third-order valence-electron chi connectivity index (χ3n) is 7.00. The molecule has 2 aliphatic rings. The third kappa shape index (κ3) is 8.41. The summed E-state index contributed by atoms with van der Waals surface area (Å²) in [5.74, 6) is -0.654. The number of benzene rings is 4. The van der Waals surface area contributed by atoms with Crippen LogP contribution < -0.4 is 9.47 Å². The Kier molecular flexibility index (Phi) is 11.2. The molecule has 3 atom stereocenters. The van der Waals surface area contributed by atoms with Crippen LogP contribution in [0.2, 0.25) is 0 Å². The van der Waals surface area contributed by atoms with Gasteiger partial charge in [-0.05, 0) is 82.6 Å². The molecule has 232 valence electrons. The molecule has 4 aromatic rings. The van der Waals surface area contributed by atoms with Gasteiger partial charge in [-0.1, -0.05) is 37.4 Å². The first-order valence-electron chi connectivity index (χ1n) is 14.0. The lowest BCUT2D eigenvalue weighted by Crippen LogP contribution is -2.32. The van der Waals surface area contributed by atoms with Gasteiger partial charge in [-0.25, -0.2) is 14.4 Å². The molecule has 0 amide bonds. The number of carboxylic acid groups (broad SMARTS) is 1. The van der Waals surface area contributed by atoms with Crippen molar-refractivity contribution in [2.75, 3.05) is 20.3 Å². The molecule has 0 aliphatic carbocycles. The number of aromatic carboxylic acids is 1. The summed E-state index contributed by atoms with van der Waals surface area (Å²) < 4.78 is 27.0. The van der Waals surface area contributed by atoms with Crippen molar-refractivity contribution in [3.8, 4) is 11.5 Å². The van der Waals surface area contributed by atoms with E-state index in [4.69, 9.17) is 33.6 Å². The first-order valence-corrected chi connectivity index (χ1v) is 14.0. The van der Waals surface area contributed by atoms with E-state index in [1.807, 2.05) is 30.3 Å². The molecule has 0 bridgehead atoms. The minimum absolute atomic E-state index is 0.0665.